The highest BCUT2D eigenvalue weighted by Gasteiger charge is 2.21. The van der Waals surface area contributed by atoms with Gasteiger partial charge in [0.2, 0.25) is 5.91 Å². The van der Waals surface area contributed by atoms with E-state index >= 15 is 0 Å². The Kier molecular flexibility index (Phi) is 5.10. The molecule has 2 aliphatic heterocycles. The lowest BCUT2D eigenvalue weighted by Crippen LogP contribution is -2.36. The fraction of sp³-hybridized carbons (Fsp3) is 0.364. The summed E-state index contributed by atoms with van der Waals surface area (Å²) in [6.07, 6.45) is 4.43. The van der Waals surface area contributed by atoms with Gasteiger partial charge in [0, 0.05) is 19.5 Å². The van der Waals surface area contributed by atoms with Crippen molar-refractivity contribution >= 4 is 17.5 Å². The fourth-order valence-electron chi connectivity index (χ4n) is 3.78. The standard InChI is InChI=1S/C22H24N2O3/c25-21(15-16-8-9-20-17(14-16)10-13-27-20)23-19-7-3-2-6-18(19)22(26)24-11-4-1-5-12-24/h2-3,6-9,14H,1,4-5,10-13,15H2,(H,23,25). The molecule has 1 N–H and O–H groups in total. The zero-order chi connectivity index (χ0) is 18.6. The molecule has 0 aliphatic carbocycles. The Morgan fingerprint density at radius 1 is 1.04 bits per heavy atom. The van der Waals surface area contributed by atoms with Crippen LogP contribution in [-0.2, 0) is 17.6 Å². The van der Waals surface area contributed by atoms with Crippen LogP contribution in [0.4, 0.5) is 5.69 Å². The third kappa shape index (κ3) is 3.97. The van der Waals surface area contributed by atoms with Crippen LogP contribution in [0.2, 0.25) is 0 Å². The highest BCUT2D eigenvalue weighted by Crippen LogP contribution is 2.26. The van der Waals surface area contributed by atoms with Crippen LogP contribution >= 0.6 is 0 Å². The molecule has 0 bridgehead atoms. The number of carbonyl (C=O) groups is 2. The maximum Gasteiger partial charge on any atom is 0.255 e. The Morgan fingerprint density at radius 3 is 2.70 bits per heavy atom. The van der Waals surface area contributed by atoms with Crippen LogP contribution < -0.4 is 10.1 Å². The minimum Gasteiger partial charge on any atom is -0.493 e. The van der Waals surface area contributed by atoms with Gasteiger partial charge in [-0.15, -0.1) is 0 Å². The van der Waals surface area contributed by atoms with Crippen molar-refractivity contribution in [1.82, 2.24) is 4.90 Å². The second kappa shape index (κ2) is 7.82. The van der Waals surface area contributed by atoms with Crippen molar-refractivity contribution in [3.8, 4) is 5.75 Å². The van der Waals surface area contributed by atoms with Gasteiger partial charge >= 0.3 is 0 Å². The van der Waals surface area contributed by atoms with Crippen LogP contribution in [0.3, 0.4) is 0 Å². The molecule has 5 nitrogen and oxygen atoms in total. The summed E-state index contributed by atoms with van der Waals surface area (Å²) in [5.41, 5.74) is 3.26. The highest BCUT2D eigenvalue weighted by atomic mass is 16.5. The van der Waals surface area contributed by atoms with E-state index in [0.717, 1.165) is 49.2 Å². The van der Waals surface area contributed by atoms with E-state index in [1.807, 2.05) is 35.2 Å². The molecule has 0 radical (unpaired) electrons. The van der Waals surface area contributed by atoms with Gasteiger partial charge in [-0.1, -0.05) is 24.3 Å². The average molecular weight is 364 g/mol. The van der Waals surface area contributed by atoms with E-state index in [-0.39, 0.29) is 18.2 Å². The molecular weight excluding hydrogens is 340 g/mol. The normalized spacial score (nSPS) is 15.8. The van der Waals surface area contributed by atoms with E-state index in [2.05, 4.69) is 5.32 Å². The molecule has 2 aromatic carbocycles. The number of para-hydroxylation sites is 1. The lowest BCUT2D eigenvalue weighted by molar-refractivity contribution is -0.115. The number of hydrogen-bond acceptors (Lipinski definition) is 3. The molecular formula is C22H24N2O3. The SMILES string of the molecule is O=C(Cc1ccc2c(c1)CCO2)Nc1ccccc1C(=O)N1CCCCC1. The van der Waals surface area contributed by atoms with E-state index in [1.54, 1.807) is 12.1 Å². The molecule has 2 aromatic rings. The van der Waals surface area contributed by atoms with E-state index < -0.39 is 0 Å². The number of nitrogens with zero attached hydrogens (tertiary/aromatic N) is 1. The summed E-state index contributed by atoms with van der Waals surface area (Å²) in [6, 6.07) is 13.2. The van der Waals surface area contributed by atoms with E-state index in [9.17, 15) is 9.59 Å². The van der Waals surface area contributed by atoms with Crippen molar-refractivity contribution in [2.75, 3.05) is 25.0 Å². The fourth-order valence-corrected chi connectivity index (χ4v) is 3.78. The quantitative estimate of drug-likeness (QED) is 0.904. The van der Waals surface area contributed by atoms with Gasteiger partial charge < -0.3 is 15.0 Å². The largest absolute Gasteiger partial charge is 0.493 e. The predicted octanol–water partition coefficient (Wildman–Crippen LogP) is 3.43. The number of likely N-dealkylation sites (tertiary alicyclic amines) is 1. The first kappa shape index (κ1) is 17.6. The van der Waals surface area contributed by atoms with Crippen LogP contribution in [0.15, 0.2) is 42.5 Å². The lowest BCUT2D eigenvalue weighted by Gasteiger charge is -2.27. The van der Waals surface area contributed by atoms with Crippen LogP contribution in [0.5, 0.6) is 5.75 Å². The molecule has 0 aromatic heterocycles. The number of carbonyl (C=O) groups excluding carboxylic acids is 2. The molecule has 1 fully saturated rings. The summed E-state index contributed by atoms with van der Waals surface area (Å²) in [5, 5.41) is 2.93. The van der Waals surface area contributed by atoms with Gasteiger partial charge in [0.25, 0.3) is 5.91 Å². The smallest absolute Gasteiger partial charge is 0.255 e. The molecule has 140 valence electrons. The van der Waals surface area contributed by atoms with Crippen molar-refractivity contribution in [1.29, 1.82) is 0 Å². The molecule has 27 heavy (non-hydrogen) atoms. The zero-order valence-corrected chi connectivity index (χ0v) is 15.4. The maximum atomic E-state index is 12.8. The van der Waals surface area contributed by atoms with Gasteiger partial charge in [-0.2, -0.15) is 0 Å². The van der Waals surface area contributed by atoms with Gasteiger partial charge in [-0.3, -0.25) is 9.59 Å². The number of ether oxygens (including phenoxy) is 1. The molecule has 2 aliphatic rings. The number of rotatable bonds is 4. The van der Waals surface area contributed by atoms with Crippen molar-refractivity contribution in [2.24, 2.45) is 0 Å². The van der Waals surface area contributed by atoms with Crippen molar-refractivity contribution in [3.63, 3.8) is 0 Å². The number of hydrogen-bond donors (Lipinski definition) is 1. The topological polar surface area (TPSA) is 58.6 Å². The Morgan fingerprint density at radius 2 is 1.85 bits per heavy atom. The molecule has 1 saturated heterocycles. The molecule has 5 heteroatoms. The Hall–Kier alpha value is -2.82. The number of nitrogens with one attached hydrogen (secondary N) is 1. The zero-order valence-electron chi connectivity index (χ0n) is 15.4. The van der Waals surface area contributed by atoms with E-state index in [0.29, 0.717) is 17.9 Å². The van der Waals surface area contributed by atoms with Gasteiger partial charge in [-0.25, -0.2) is 0 Å². The second-order valence-corrected chi connectivity index (χ2v) is 7.16. The number of amides is 2. The maximum absolute atomic E-state index is 12.8. The van der Waals surface area contributed by atoms with Gasteiger partial charge in [-0.05, 0) is 48.6 Å². The van der Waals surface area contributed by atoms with Crippen LogP contribution in [0.1, 0.15) is 40.7 Å². The van der Waals surface area contributed by atoms with E-state index in [1.165, 1.54) is 6.42 Å². The highest BCUT2D eigenvalue weighted by molar-refractivity contribution is 6.04. The molecule has 2 heterocycles. The minimum absolute atomic E-state index is 0.000259. The molecule has 0 spiro atoms. The van der Waals surface area contributed by atoms with Crippen molar-refractivity contribution in [2.45, 2.75) is 32.1 Å². The second-order valence-electron chi connectivity index (χ2n) is 7.16. The minimum atomic E-state index is -0.118. The monoisotopic (exact) mass is 364 g/mol. The molecule has 0 atom stereocenters. The first-order valence-corrected chi connectivity index (χ1v) is 9.63. The number of fused-ring (bicyclic) bond motifs is 1. The van der Waals surface area contributed by atoms with Crippen LogP contribution in [-0.4, -0.2) is 36.4 Å². The van der Waals surface area contributed by atoms with Gasteiger partial charge in [0.05, 0.1) is 24.3 Å². The van der Waals surface area contributed by atoms with Crippen molar-refractivity contribution in [3.05, 3.63) is 59.2 Å². The summed E-state index contributed by atoms with van der Waals surface area (Å²) in [6.45, 7) is 2.29. The van der Waals surface area contributed by atoms with Gasteiger partial charge in [0.1, 0.15) is 5.75 Å². The summed E-state index contributed by atoms with van der Waals surface area (Å²) in [4.78, 5) is 27.3. The summed E-state index contributed by atoms with van der Waals surface area (Å²) in [5.74, 6) is 0.796. The first-order chi connectivity index (χ1) is 13.2. The third-order valence-electron chi connectivity index (χ3n) is 5.19. The van der Waals surface area contributed by atoms with Crippen molar-refractivity contribution < 1.29 is 14.3 Å². The number of anilines is 1. The molecule has 0 unspecified atom stereocenters. The Bertz CT molecular complexity index is 856. The first-order valence-electron chi connectivity index (χ1n) is 9.63. The molecule has 2 amide bonds. The van der Waals surface area contributed by atoms with E-state index in [4.69, 9.17) is 4.74 Å². The Labute approximate surface area is 159 Å². The van der Waals surface area contributed by atoms with Gasteiger partial charge in [0.15, 0.2) is 0 Å². The molecule has 0 saturated carbocycles. The average Bonchev–Trinajstić information content (AvgIpc) is 3.16. The summed E-state index contributed by atoms with van der Waals surface area (Å²) in [7, 11) is 0. The molecule has 4 rings (SSSR count). The summed E-state index contributed by atoms with van der Waals surface area (Å²) < 4.78 is 5.51. The third-order valence-corrected chi connectivity index (χ3v) is 5.19. The van der Waals surface area contributed by atoms with Crippen LogP contribution in [0.25, 0.3) is 0 Å². The summed E-state index contributed by atoms with van der Waals surface area (Å²) >= 11 is 0. The number of benzene rings is 2. The predicted molar refractivity (Wildman–Crippen MR) is 104 cm³/mol. The Balaban J connectivity index is 1.46. The lowest BCUT2D eigenvalue weighted by atomic mass is 10.1. The number of piperidine rings is 1. The van der Waals surface area contributed by atoms with Crippen LogP contribution in [0, 0.1) is 0 Å².